The number of hydrogen-bond acceptors (Lipinski definition) is 1. The van der Waals surface area contributed by atoms with Crippen LogP contribution < -0.4 is 0 Å². The Hall–Kier alpha value is -1.57. The van der Waals surface area contributed by atoms with Gasteiger partial charge in [0.2, 0.25) is 0 Å². The molecule has 70 valence electrons. The van der Waals surface area contributed by atoms with E-state index in [1.165, 1.54) is 27.9 Å². The van der Waals surface area contributed by atoms with Crippen LogP contribution in [0.3, 0.4) is 0 Å². The second kappa shape index (κ2) is 2.47. The molecule has 0 N–H and O–H groups in total. The van der Waals surface area contributed by atoms with Gasteiger partial charge in [0.15, 0.2) is 0 Å². The SMILES string of the molecule is Cc1cc2cnc3c(c2n1C)C=CC3. The van der Waals surface area contributed by atoms with Crippen LogP contribution in [0.1, 0.15) is 17.0 Å². The van der Waals surface area contributed by atoms with Crippen molar-refractivity contribution in [3.05, 3.63) is 35.3 Å². The first kappa shape index (κ1) is 7.80. The summed E-state index contributed by atoms with van der Waals surface area (Å²) in [6.07, 6.45) is 7.33. The molecule has 0 amide bonds. The van der Waals surface area contributed by atoms with Crippen molar-refractivity contribution in [3.8, 4) is 0 Å². The van der Waals surface area contributed by atoms with E-state index in [0.717, 1.165) is 6.42 Å². The largest absolute Gasteiger partial charge is 0.347 e. The van der Waals surface area contributed by atoms with Crippen molar-refractivity contribution < 1.29 is 0 Å². The molecular formula is C12H12N2. The topological polar surface area (TPSA) is 17.8 Å². The fourth-order valence-electron chi connectivity index (χ4n) is 2.17. The minimum Gasteiger partial charge on any atom is -0.347 e. The van der Waals surface area contributed by atoms with E-state index in [1.807, 2.05) is 6.20 Å². The van der Waals surface area contributed by atoms with Gasteiger partial charge in [-0.2, -0.15) is 0 Å². The van der Waals surface area contributed by atoms with Crippen molar-refractivity contribution in [1.29, 1.82) is 0 Å². The number of rotatable bonds is 0. The van der Waals surface area contributed by atoms with E-state index in [4.69, 9.17) is 0 Å². The van der Waals surface area contributed by atoms with E-state index in [2.05, 4.69) is 41.7 Å². The van der Waals surface area contributed by atoms with Crippen molar-refractivity contribution in [2.45, 2.75) is 13.3 Å². The van der Waals surface area contributed by atoms with Crippen molar-refractivity contribution in [1.82, 2.24) is 9.55 Å². The van der Waals surface area contributed by atoms with Gasteiger partial charge in [0.05, 0.1) is 11.2 Å². The van der Waals surface area contributed by atoms with E-state index in [1.54, 1.807) is 0 Å². The molecule has 2 heteroatoms. The average molecular weight is 184 g/mol. The highest BCUT2D eigenvalue weighted by atomic mass is 14.9. The third kappa shape index (κ3) is 0.830. The quantitative estimate of drug-likeness (QED) is 0.615. The van der Waals surface area contributed by atoms with Gasteiger partial charge < -0.3 is 4.57 Å². The molecule has 2 aromatic rings. The fraction of sp³-hybridized carbons (Fsp3) is 0.250. The highest BCUT2D eigenvalue weighted by Crippen LogP contribution is 2.28. The predicted molar refractivity (Wildman–Crippen MR) is 58.2 cm³/mol. The van der Waals surface area contributed by atoms with E-state index in [0.29, 0.717) is 0 Å². The van der Waals surface area contributed by atoms with Crippen LogP contribution in [0.4, 0.5) is 0 Å². The zero-order valence-electron chi connectivity index (χ0n) is 8.41. The molecule has 0 spiro atoms. The third-order valence-electron chi connectivity index (χ3n) is 3.02. The molecule has 0 saturated carbocycles. The summed E-state index contributed by atoms with van der Waals surface area (Å²) in [4.78, 5) is 4.47. The average Bonchev–Trinajstić information content (AvgIpc) is 2.72. The maximum atomic E-state index is 4.47. The Bertz CT molecular complexity index is 547. The summed E-state index contributed by atoms with van der Waals surface area (Å²) in [7, 11) is 2.12. The molecular weight excluding hydrogens is 172 g/mol. The minimum atomic E-state index is 0.982. The normalized spacial score (nSPS) is 13.9. The van der Waals surface area contributed by atoms with Gasteiger partial charge >= 0.3 is 0 Å². The number of allylic oxidation sites excluding steroid dienone is 1. The van der Waals surface area contributed by atoms with Crippen molar-refractivity contribution in [3.63, 3.8) is 0 Å². The second-order valence-electron chi connectivity index (χ2n) is 3.87. The number of pyridine rings is 1. The highest BCUT2D eigenvalue weighted by Gasteiger charge is 2.13. The Morgan fingerprint density at radius 3 is 3.14 bits per heavy atom. The monoisotopic (exact) mass is 184 g/mol. The molecule has 0 fully saturated rings. The van der Waals surface area contributed by atoms with Crippen LogP contribution >= 0.6 is 0 Å². The summed E-state index contributed by atoms with van der Waals surface area (Å²) in [5, 5.41) is 1.25. The standard InChI is InChI=1S/C12H12N2/c1-8-6-9-7-13-11-5-3-4-10(11)12(9)14(8)2/h3-4,6-7H,5H2,1-2H3. The molecule has 0 unspecified atom stereocenters. The maximum absolute atomic E-state index is 4.47. The molecule has 1 aliphatic rings. The van der Waals surface area contributed by atoms with Gasteiger partial charge in [-0.05, 0) is 13.0 Å². The number of nitrogens with zero attached hydrogens (tertiary/aromatic N) is 2. The van der Waals surface area contributed by atoms with Gasteiger partial charge in [-0.15, -0.1) is 0 Å². The summed E-state index contributed by atoms with van der Waals surface area (Å²) in [5.41, 5.74) is 5.12. The van der Waals surface area contributed by atoms with Crippen LogP contribution in [0, 0.1) is 6.92 Å². The second-order valence-corrected chi connectivity index (χ2v) is 3.87. The Kier molecular flexibility index (Phi) is 1.38. The lowest BCUT2D eigenvalue weighted by Crippen LogP contribution is -1.94. The summed E-state index contributed by atoms with van der Waals surface area (Å²) in [5.74, 6) is 0. The molecule has 1 aliphatic carbocycles. The van der Waals surface area contributed by atoms with Gasteiger partial charge in [0.25, 0.3) is 0 Å². The van der Waals surface area contributed by atoms with Gasteiger partial charge in [-0.25, -0.2) is 0 Å². The van der Waals surface area contributed by atoms with Gasteiger partial charge in [0, 0.05) is 36.3 Å². The van der Waals surface area contributed by atoms with Crippen LogP contribution in [0.25, 0.3) is 17.0 Å². The lowest BCUT2D eigenvalue weighted by molar-refractivity contribution is 0.915. The number of aryl methyl sites for hydroxylation is 2. The molecule has 2 aromatic heterocycles. The van der Waals surface area contributed by atoms with Crippen LogP contribution in [0.5, 0.6) is 0 Å². The lowest BCUT2D eigenvalue weighted by Gasteiger charge is -2.03. The summed E-state index contributed by atoms with van der Waals surface area (Å²) < 4.78 is 2.24. The molecule has 0 atom stereocenters. The number of aromatic nitrogens is 2. The van der Waals surface area contributed by atoms with Crippen LogP contribution in [-0.4, -0.2) is 9.55 Å². The molecule has 0 aromatic carbocycles. The predicted octanol–water partition coefficient (Wildman–Crippen LogP) is 2.45. The first-order valence-electron chi connectivity index (χ1n) is 4.88. The first-order valence-corrected chi connectivity index (χ1v) is 4.88. The molecule has 3 rings (SSSR count). The molecule has 14 heavy (non-hydrogen) atoms. The van der Waals surface area contributed by atoms with Crippen LogP contribution in [0.15, 0.2) is 18.3 Å². The summed E-state index contributed by atoms with van der Waals surface area (Å²) in [6.45, 7) is 2.13. The van der Waals surface area contributed by atoms with Gasteiger partial charge in [0.1, 0.15) is 0 Å². The van der Waals surface area contributed by atoms with Crippen LogP contribution in [0.2, 0.25) is 0 Å². The molecule has 2 heterocycles. The van der Waals surface area contributed by atoms with Crippen molar-refractivity contribution in [2.75, 3.05) is 0 Å². The third-order valence-corrected chi connectivity index (χ3v) is 3.02. The van der Waals surface area contributed by atoms with Crippen molar-refractivity contribution in [2.24, 2.45) is 7.05 Å². The molecule has 0 saturated heterocycles. The molecule has 0 radical (unpaired) electrons. The zero-order valence-corrected chi connectivity index (χ0v) is 8.41. The first-order chi connectivity index (χ1) is 6.77. The molecule has 0 aliphatic heterocycles. The maximum Gasteiger partial charge on any atom is 0.0587 e. The van der Waals surface area contributed by atoms with Gasteiger partial charge in [-0.3, -0.25) is 4.98 Å². The van der Waals surface area contributed by atoms with Gasteiger partial charge in [-0.1, -0.05) is 12.2 Å². The summed E-state index contributed by atoms with van der Waals surface area (Å²) >= 11 is 0. The Labute approximate surface area is 82.9 Å². The fourth-order valence-corrected chi connectivity index (χ4v) is 2.17. The van der Waals surface area contributed by atoms with Crippen molar-refractivity contribution >= 4 is 17.0 Å². The van der Waals surface area contributed by atoms with E-state index >= 15 is 0 Å². The van der Waals surface area contributed by atoms with E-state index in [-0.39, 0.29) is 0 Å². The lowest BCUT2D eigenvalue weighted by atomic mass is 10.2. The van der Waals surface area contributed by atoms with Crippen LogP contribution in [-0.2, 0) is 13.5 Å². The Morgan fingerprint density at radius 2 is 2.29 bits per heavy atom. The Balaban J connectivity index is 2.52. The number of hydrogen-bond donors (Lipinski definition) is 0. The van der Waals surface area contributed by atoms with E-state index < -0.39 is 0 Å². The zero-order chi connectivity index (χ0) is 9.71. The highest BCUT2D eigenvalue weighted by molar-refractivity contribution is 5.90. The Morgan fingerprint density at radius 1 is 1.43 bits per heavy atom. The van der Waals surface area contributed by atoms with E-state index in [9.17, 15) is 0 Å². The number of fused-ring (bicyclic) bond motifs is 3. The minimum absolute atomic E-state index is 0.982. The smallest absolute Gasteiger partial charge is 0.0587 e. The molecule has 2 nitrogen and oxygen atoms in total. The summed E-state index contributed by atoms with van der Waals surface area (Å²) in [6, 6.07) is 2.19. The molecule has 0 bridgehead atoms.